The van der Waals surface area contributed by atoms with Gasteiger partial charge in [-0.25, -0.2) is 0 Å². The predicted octanol–water partition coefficient (Wildman–Crippen LogP) is 2.66. The summed E-state index contributed by atoms with van der Waals surface area (Å²) < 4.78 is 0. The number of anilines is 1. The highest BCUT2D eigenvalue weighted by Crippen LogP contribution is 2.48. The van der Waals surface area contributed by atoms with Crippen molar-refractivity contribution in [1.29, 1.82) is 0 Å². The number of nitrogens with zero attached hydrogens (tertiary/aromatic N) is 1. The van der Waals surface area contributed by atoms with E-state index in [0.717, 1.165) is 31.5 Å². The zero-order valence-corrected chi connectivity index (χ0v) is 9.65. The van der Waals surface area contributed by atoms with Crippen molar-refractivity contribution in [3.63, 3.8) is 0 Å². The molecule has 1 saturated heterocycles. The molecule has 1 aliphatic heterocycles. The third-order valence-electron chi connectivity index (χ3n) is 3.83. The van der Waals surface area contributed by atoms with E-state index >= 15 is 0 Å². The van der Waals surface area contributed by atoms with Crippen molar-refractivity contribution < 1.29 is 5.11 Å². The van der Waals surface area contributed by atoms with Gasteiger partial charge >= 0.3 is 0 Å². The second kappa shape index (κ2) is 3.77. The molecule has 0 radical (unpaired) electrons. The summed E-state index contributed by atoms with van der Waals surface area (Å²) in [5.74, 6) is 0. The highest BCUT2D eigenvalue weighted by Gasteiger charge is 2.44. The molecule has 0 aromatic heterocycles. The number of benzene rings is 1. The van der Waals surface area contributed by atoms with Gasteiger partial charge in [0, 0.05) is 24.3 Å². The van der Waals surface area contributed by atoms with E-state index in [9.17, 15) is 5.11 Å². The van der Waals surface area contributed by atoms with Crippen LogP contribution in [0.25, 0.3) is 0 Å². The summed E-state index contributed by atoms with van der Waals surface area (Å²) >= 11 is 0. The molecule has 2 fully saturated rings. The van der Waals surface area contributed by atoms with Gasteiger partial charge in [-0.05, 0) is 38.2 Å². The Kier molecular flexibility index (Phi) is 2.40. The summed E-state index contributed by atoms with van der Waals surface area (Å²) in [6.45, 7) is 2.29. The van der Waals surface area contributed by atoms with Crippen molar-refractivity contribution in [1.82, 2.24) is 0 Å². The van der Waals surface area contributed by atoms with E-state index in [1.807, 2.05) is 6.07 Å². The monoisotopic (exact) mass is 217 g/mol. The van der Waals surface area contributed by atoms with Crippen LogP contribution in [0.3, 0.4) is 0 Å². The Hall–Kier alpha value is -1.02. The molecule has 2 aliphatic rings. The molecule has 86 valence electrons. The van der Waals surface area contributed by atoms with E-state index in [2.05, 4.69) is 23.1 Å². The molecule has 0 bridgehead atoms. The van der Waals surface area contributed by atoms with Crippen LogP contribution in [0.15, 0.2) is 24.3 Å². The Morgan fingerprint density at radius 1 is 1.00 bits per heavy atom. The zero-order chi connectivity index (χ0) is 11.0. The standard InChI is InChI=1S/C14H19NO/c16-14(8-9-14)12-6-2-3-7-13(12)15-10-4-1-5-11-15/h2-3,6-7,16H,1,4-5,8-11H2. The van der Waals surface area contributed by atoms with Gasteiger partial charge in [-0.15, -0.1) is 0 Å². The van der Waals surface area contributed by atoms with Gasteiger partial charge in [-0.2, -0.15) is 0 Å². The zero-order valence-electron chi connectivity index (χ0n) is 9.65. The number of hydrogen-bond donors (Lipinski definition) is 1. The molecule has 1 N–H and O–H groups in total. The minimum absolute atomic E-state index is 0.506. The molecule has 0 unspecified atom stereocenters. The van der Waals surface area contributed by atoms with Crippen LogP contribution >= 0.6 is 0 Å². The first-order valence-electron chi connectivity index (χ1n) is 6.36. The van der Waals surface area contributed by atoms with Crippen LogP contribution in [0.2, 0.25) is 0 Å². The fraction of sp³-hybridized carbons (Fsp3) is 0.571. The minimum Gasteiger partial charge on any atom is -0.385 e. The van der Waals surface area contributed by atoms with Gasteiger partial charge in [0.05, 0.1) is 5.60 Å². The van der Waals surface area contributed by atoms with Gasteiger partial charge < -0.3 is 10.0 Å². The van der Waals surface area contributed by atoms with Gasteiger partial charge in [0.1, 0.15) is 0 Å². The van der Waals surface area contributed by atoms with Gasteiger partial charge in [-0.1, -0.05) is 18.2 Å². The van der Waals surface area contributed by atoms with Crippen molar-refractivity contribution >= 4 is 5.69 Å². The Morgan fingerprint density at radius 2 is 1.69 bits per heavy atom. The second-order valence-corrected chi connectivity index (χ2v) is 5.10. The molecule has 0 amide bonds. The summed E-state index contributed by atoms with van der Waals surface area (Å²) in [5, 5.41) is 10.3. The summed E-state index contributed by atoms with van der Waals surface area (Å²) in [7, 11) is 0. The molecular weight excluding hydrogens is 198 g/mol. The lowest BCUT2D eigenvalue weighted by atomic mass is 10.0. The Labute approximate surface area is 96.9 Å². The molecule has 1 aromatic rings. The van der Waals surface area contributed by atoms with Gasteiger partial charge in [0.15, 0.2) is 0 Å². The molecule has 1 heterocycles. The van der Waals surface area contributed by atoms with Crippen LogP contribution in [-0.4, -0.2) is 18.2 Å². The third kappa shape index (κ3) is 1.71. The Bertz CT molecular complexity index is 378. The molecule has 1 aliphatic carbocycles. The number of aliphatic hydroxyl groups is 1. The SMILES string of the molecule is OC1(c2ccccc2N2CCCCC2)CC1. The Balaban J connectivity index is 1.93. The van der Waals surface area contributed by atoms with Crippen LogP contribution in [-0.2, 0) is 5.60 Å². The molecule has 0 atom stereocenters. The fourth-order valence-corrected chi connectivity index (χ4v) is 2.67. The summed E-state index contributed by atoms with van der Waals surface area (Å²) in [6.07, 6.45) is 5.78. The normalized spacial score (nSPS) is 23.2. The van der Waals surface area contributed by atoms with Crippen LogP contribution in [0.5, 0.6) is 0 Å². The number of rotatable bonds is 2. The topological polar surface area (TPSA) is 23.5 Å². The maximum Gasteiger partial charge on any atom is 0.0918 e. The average Bonchev–Trinajstić information content (AvgIpc) is 3.10. The quantitative estimate of drug-likeness (QED) is 0.823. The first kappa shape index (κ1) is 10.2. The Morgan fingerprint density at radius 3 is 2.38 bits per heavy atom. The molecule has 2 nitrogen and oxygen atoms in total. The van der Waals surface area contributed by atoms with E-state index in [1.54, 1.807) is 0 Å². The highest BCUT2D eigenvalue weighted by atomic mass is 16.3. The first-order chi connectivity index (χ1) is 7.80. The molecule has 3 rings (SSSR count). The van der Waals surface area contributed by atoms with E-state index in [0.29, 0.717) is 0 Å². The largest absolute Gasteiger partial charge is 0.385 e. The van der Waals surface area contributed by atoms with Crippen molar-refractivity contribution in [2.24, 2.45) is 0 Å². The predicted molar refractivity (Wildman–Crippen MR) is 65.6 cm³/mol. The van der Waals surface area contributed by atoms with Crippen LogP contribution in [0.1, 0.15) is 37.7 Å². The van der Waals surface area contributed by atoms with Gasteiger partial charge in [-0.3, -0.25) is 0 Å². The number of piperidine rings is 1. The fourth-order valence-electron chi connectivity index (χ4n) is 2.67. The van der Waals surface area contributed by atoms with E-state index in [4.69, 9.17) is 0 Å². The van der Waals surface area contributed by atoms with Crippen LogP contribution in [0.4, 0.5) is 5.69 Å². The molecule has 0 spiro atoms. The van der Waals surface area contributed by atoms with E-state index in [1.165, 1.54) is 24.9 Å². The molecule has 16 heavy (non-hydrogen) atoms. The lowest BCUT2D eigenvalue weighted by molar-refractivity contribution is 0.152. The molecule has 2 heteroatoms. The maximum absolute atomic E-state index is 10.3. The summed E-state index contributed by atoms with van der Waals surface area (Å²) in [6, 6.07) is 8.38. The lowest BCUT2D eigenvalue weighted by Gasteiger charge is -2.31. The summed E-state index contributed by atoms with van der Waals surface area (Å²) in [5.41, 5.74) is 1.91. The number of para-hydroxylation sites is 1. The van der Waals surface area contributed by atoms with Gasteiger partial charge in [0.25, 0.3) is 0 Å². The molecule has 1 aromatic carbocycles. The third-order valence-corrected chi connectivity index (χ3v) is 3.83. The summed E-state index contributed by atoms with van der Waals surface area (Å²) in [4.78, 5) is 2.44. The highest BCUT2D eigenvalue weighted by molar-refractivity contribution is 5.57. The van der Waals surface area contributed by atoms with Crippen LogP contribution < -0.4 is 4.90 Å². The van der Waals surface area contributed by atoms with Gasteiger partial charge in [0.2, 0.25) is 0 Å². The van der Waals surface area contributed by atoms with E-state index in [-0.39, 0.29) is 0 Å². The van der Waals surface area contributed by atoms with Crippen molar-refractivity contribution in [3.05, 3.63) is 29.8 Å². The lowest BCUT2D eigenvalue weighted by Crippen LogP contribution is -2.31. The van der Waals surface area contributed by atoms with Crippen molar-refractivity contribution in [2.45, 2.75) is 37.7 Å². The van der Waals surface area contributed by atoms with Crippen molar-refractivity contribution in [3.8, 4) is 0 Å². The first-order valence-corrected chi connectivity index (χ1v) is 6.36. The molecule has 1 saturated carbocycles. The van der Waals surface area contributed by atoms with E-state index < -0.39 is 5.60 Å². The maximum atomic E-state index is 10.3. The second-order valence-electron chi connectivity index (χ2n) is 5.10. The smallest absolute Gasteiger partial charge is 0.0918 e. The van der Waals surface area contributed by atoms with Crippen molar-refractivity contribution in [2.75, 3.05) is 18.0 Å². The molecular formula is C14H19NO. The minimum atomic E-state index is -0.506. The average molecular weight is 217 g/mol. The number of hydrogen-bond acceptors (Lipinski definition) is 2. The van der Waals surface area contributed by atoms with Crippen LogP contribution in [0, 0.1) is 0 Å².